The lowest BCUT2D eigenvalue weighted by atomic mass is 9.98. The van der Waals surface area contributed by atoms with E-state index in [0.29, 0.717) is 28.7 Å². The number of aliphatic hydroxyl groups is 1. The van der Waals surface area contributed by atoms with Crippen LogP contribution in [-0.4, -0.2) is 16.2 Å². The van der Waals surface area contributed by atoms with Crippen molar-refractivity contribution >= 4 is 5.97 Å². The predicted octanol–water partition coefficient (Wildman–Crippen LogP) is 7.20. The SMILES string of the molecule is CCCC(O)c1ccc(-c2ccc(C(=O)Oc3ccc(-c4ccc(O)c(F)c4)cc3)c(F)c2F)cc1. The number of hydrogen-bond donors (Lipinski definition) is 2. The Morgan fingerprint density at radius 1 is 0.833 bits per heavy atom. The average molecular weight is 492 g/mol. The third-order valence-corrected chi connectivity index (χ3v) is 5.82. The number of carbonyl (C=O) groups excluding carboxylic acids is 1. The Morgan fingerprint density at radius 3 is 2.11 bits per heavy atom. The average Bonchev–Trinajstić information content (AvgIpc) is 2.88. The lowest BCUT2D eigenvalue weighted by Gasteiger charge is -2.12. The zero-order chi connectivity index (χ0) is 25.8. The van der Waals surface area contributed by atoms with Crippen LogP contribution in [0, 0.1) is 17.5 Å². The van der Waals surface area contributed by atoms with E-state index in [2.05, 4.69) is 0 Å². The molecule has 0 aromatic heterocycles. The summed E-state index contributed by atoms with van der Waals surface area (Å²) in [6, 6.07) is 18.9. The molecule has 0 heterocycles. The lowest BCUT2D eigenvalue weighted by molar-refractivity contribution is 0.0728. The van der Waals surface area contributed by atoms with Gasteiger partial charge in [-0.15, -0.1) is 0 Å². The molecule has 0 saturated carbocycles. The molecule has 0 aliphatic rings. The van der Waals surface area contributed by atoms with Crippen LogP contribution < -0.4 is 4.74 Å². The van der Waals surface area contributed by atoms with Gasteiger partial charge in [0.15, 0.2) is 23.2 Å². The quantitative estimate of drug-likeness (QED) is 0.212. The molecule has 4 nitrogen and oxygen atoms in total. The van der Waals surface area contributed by atoms with E-state index >= 15 is 0 Å². The summed E-state index contributed by atoms with van der Waals surface area (Å²) < 4.78 is 48.4. The molecule has 0 amide bonds. The van der Waals surface area contributed by atoms with Crippen LogP contribution in [0.2, 0.25) is 0 Å². The Morgan fingerprint density at radius 2 is 1.47 bits per heavy atom. The topological polar surface area (TPSA) is 66.8 Å². The molecule has 184 valence electrons. The first kappa shape index (κ1) is 25.0. The van der Waals surface area contributed by atoms with Crippen LogP contribution in [0.1, 0.15) is 41.8 Å². The van der Waals surface area contributed by atoms with E-state index in [0.717, 1.165) is 18.6 Å². The van der Waals surface area contributed by atoms with Gasteiger partial charge in [0.2, 0.25) is 0 Å². The number of benzene rings is 4. The first-order valence-electron chi connectivity index (χ1n) is 11.4. The molecule has 0 radical (unpaired) electrons. The van der Waals surface area contributed by atoms with Gasteiger partial charge in [0.05, 0.1) is 11.7 Å². The van der Waals surface area contributed by atoms with Gasteiger partial charge in [-0.25, -0.2) is 18.0 Å². The van der Waals surface area contributed by atoms with Gasteiger partial charge >= 0.3 is 5.97 Å². The maximum Gasteiger partial charge on any atom is 0.346 e. The van der Waals surface area contributed by atoms with Crippen LogP contribution in [0.25, 0.3) is 22.3 Å². The predicted molar refractivity (Wildman–Crippen MR) is 130 cm³/mol. The van der Waals surface area contributed by atoms with Crippen LogP contribution in [0.15, 0.2) is 78.9 Å². The van der Waals surface area contributed by atoms with Crippen LogP contribution in [0.5, 0.6) is 11.5 Å². The fourth-order valence-electron chi connectivity index (χ4n) is 3.82. The van der Waals surface area contributed by atoms with Gasteiger partial charge in [-0.1, -0.05) is 61.9 Å². The molecule has 1 atom stereocenters. The number of carbonyl (C=O) groups is 1. The highest BCUT2D eigenvalue weighted by molar-refractivity contribution is 5.92. The van der Waals surface area contributed by atoms with Gasteiger partial charge in [-0.3, -0.25) is 0 Å². The molecular weight excluding hydrogens is 469 g/mol. The van der Waals surface area contributed by atoms with Gasteiger partial charge in [-0.05, 0) is 59.0 Å². The molecule has 4 rings (SSSR count). The molecule has 4 aromatic carbocycles. The molecule has 7 heteroatoms. The molecule has 0 aliphatic carbocycles. The Hall–Kier alpha value is -4.10. The van der Waals surface area contributed by atoms with Crippen molar-refractivity contribution in [2.75, 3.05) is 0 Å². The minimum Gasteiger partial charge on any atom is -0.505 e. The van der Waals surface area contributed by atoms with Gasteiger partial charge in [0.25, 0.3) is 0 Å². The zero-order valence-electron chi connectivity index (χ0n) is 19.3. The fraction of sp³-hybridized carbons (Fsp3) is 0.138. The zero-order valence-corrected chi connectivity index (χ0v) is 19.3. The van der Waals surface area contributed by atoms with Gasteiger partial charge in [0.1, 0.15) is 5.75 Å². The minimum absolute atomic E-state index is 0.0222. The van der Waals surface area contributed by atoms with Crippen molar-refractivity contribution in [3.63, 3.8) is 0 Å². The molecule has 2 N–H and O–H groups in total. The van der Waals surface area contributed by atoms with Crippen molar-refractivity contribution in [2.45, 2.75) is 25.9 Å². The molecule has 0 bridgehead atoms. The maximum absolute atomic E-state index is 14.8. The molecule has 1 unspecified atom stereocenters. The minimum atomic E-state index is -1.33. The van der Waals surface area contributed by atoms with Gasteiger partial charge in [0, 0.05) is 5.56 Å². The highest BCUT2D eigenvalue weighted by Gasteiger charge is 2.21. The summed E-state index contributed by atoms with van der Waals surface area (Å²) in [6.07, 6.45) is 0.777. The summed E-state index contributed by atoms with van der Waals surface area (Å²) in [5.74, 6) is -4.73. The monoisotopic (exact) mass is 492 g/mol. The maximum atomic E-state index is 14.8. The van der Waals surface area contributed by atoms with Crippen molar-refractivity contribution < 1.29 is 32.9 Å². The highest BCUT2D eigenvalue weighted by Crippen LogP contribution is 2.30. The van der Waals surface area contributed by atoms with E-state index in [1.165, 1.54) is 30.3 Å². The summed E-state index contributed by atoms with van der Waals surface area (Å²) in [7, 11) is 0. The third-order valence-electron chi connectivity index (χ3n) is 5.82. The number of ether oxygens (including phenoxy) is 1. The first-order chi connectivity index (χ1) is 17.3. The number of phenols is 1. The Labute approximate surface area is 206 Å². The lowest BCUT2D eigenvalue weighted by Crippen LogP contribution is -2.12. The molecule has 0 aliphatic heterocycles. The van der Waals surface area contributed by atoms with Crippen LogP contribution in [0.4, 0.5) is 13.2 Å². The van der Waals surface area contributed by atoms with E-state index in [1.54, 1.807) is 36.4 Å². The summed E-state index contributed by atoms with van der Waals surface area (Å²) in [5.41, 5.74) is 1.61. The highest BCUT2D eigenvalue weighted by atomic mass is 19.2. The Kier molecular flexibility index (Phi) is 7.41. The van der Waals surface area contributed by atoms with Crippen molar-refractivity contribution in [1.29, 1.82) is 0 Å². The van der Waals surface area contributed by atoms with E-state index in [4.69, 9.17) is 4.74 Å². The van der Waals surface area contributed by atoms with E-state index in [-0.39, 0.29) is 11.3 Å². The molecule has 4 aromatic rings. The number of aromatic hydroxyl groups is 1. The number of hydrogen-bond acceptors (Lipinski definition) is 4. The second-order valence-corrected chi connectivity index (χ2v) is 8.30. The number of aliphatic hydroxyl groups excluding tert-OH is 1. The standard InChI is InChI=1S/C29H23F3O4/c1-2-3-25(33)19-6-4-18(5-7-19)22-13-14-23(28(32)27(22)31)29(35)36-21-11-8-17(9-12-21)20-10-15-26(34)24(30)16-20/h4-16,25,33-34H,2-3H2,1H3. The van der Waals surface area contributed by atoms with Crippen molar-refractivity contribution in [3.8, 4) is 33.8 Å². The largest absolute Gasteiger partial charge is 0.505 e. The Balaban J connectivity index is 1.50. The van der Waals surface area contributed by atoms with Gasteiger partial charge < -0.3 is 14.9 Å². The number of esters is 1. The molecule has 0 fully saturated rings. The first-order valence-corrected chi connectivity index (χ1v) is 11.4. The second-order valence-electron chi connectivity index (χ2n) is 8.30. The van der Waals surface area contributed by atoms with Crippen LogP contribution in [0.3, 0.4) is 0 Å². The summed E-state index contributed by atoms with van der Waals surface area (Å²) in [6.45, 7) is 1.96. The smallest absolute Gasteiger partial charge is 0.346 e. The fourth-order valence-corrected chi connectivity index (χ4v) is 3.82. The van der Waals surface area contributed by atoms with Crippen molar-refractivity contribution in [2.24, 2.45) is 0 Å². The normalized spacial score (nSPS) is 11.8. The number of halogens is 3. The number of phenolic OH excluding ortho intramolecular Hbond substituents is 1. The van der Waals surface area contributed by atoms with Crippen molar-refractivity contribution in [1.82, 2.24) is 0 Å². The van der Waals surface area contributed by atoms with E-state index < -0.39 is 40.8 Å². The molecule has 0 spiro atoms. The molecule has 36 heavy (non-hydrogen) atoms. The third kappa shape index (κ3) is 5.26. The van der Waals surface area contributed by atoms with Gasteiger partial charge in [-0.2, -0.15) is 0 Å². The van der Waals surface area contributed by atoms with Crippen molar-refractivity contribution in [3.05, 3.63) is 107 Å². The second kappa shape index (κ2) is 10.7. The van der Waals surface area contributed by atoms with Crippen LogP contribution >= 0.6 is 0 Å². The van der Waals surface area contributed by atoms with E-state index in [1.807, 2.05) is 6.92 Å². The summed E-state index contributed by atoms with van der Waals surface area (Å²) >= 11 is 0. The molecule has 0 saturated heterocycles. The summed E-state index contributed by atoms with van der Waals surface area (Å²) in [4.78, 5) is 12.5. The molecular formula is C29H23F3O4. The number of rotatable bonds is 7. The van der Waals surface area contributed by atoms with Crippen LogP contribution in [-0.2, 0) is 0 Å². The van der Waals surface area contributed by atoms with E-state index in [9.17, 15) is 28.2 Å². The summed E-state index contributed by atoms with van der Waals surface area (Å²) in [5, 5.41) is 19.4. The Bertz CT molecular complexity index is 1380.